The van der Waals surface area contributed by atoms with Crippen LogP contribution in [0.25, 0.3) is 11.3 Å². The maximum Gasteiger partial charge on any atom is 0.225 e. The fraction of sp³-hybridized carbons (Fsp3) is 0.250. The van der Waals surface area contributed by atoms with Gasteiger partial charge in [-0.3, -0.25) is 4.98 Å². The molecule has 0 aliphatic rings. The molecular formula is C20H23N5O. The fourth-order valence-electron chi connectivity index (χ4n) is 2.52. The van der Waals surface area contributed by atoms with Gasteiger partial charge in [-0.05, 0) is 31.0 Å². The standard InChI is InChI=1S/C20H23N5O/c1-15(14-26)23-20-24-18(17-8-10-21-11-9-17)13-19(25-20)22-12-7-16-5-3-2-4-6-16/h2-6,8-11,13,15,26H,7,12,14H2,1H3,(H2,22,23,24,25)/t15-/m0/s1. The molecule has 3 rings (SSSR count). The van der Waals surface area contributed by atoms with Crippen LogP contribution in [0.3, 0.4) is 0 Å². The van der Waals surface area contributed by atoms with Crippen molar-refractivity contribution in [2.75, 3.05) is 23.8 Å². The van der Waals surface area contributed by atoms with E-state index < -0.39 is 0 Å². The number of benzene rings is 1. The first-order valence-corrected chi connectivity index (χ1v) is 8.69. The molecule has 3 aromatic rings. The molecule has 134 valence electrons. The van der Waals surface area contributed by atoms with Gasteiger partial charge in [-0.15, -0.1) is 0 Å². The number of anilines is 2. The maximum absolute atomic E-state index is 9.28. The van der Waals surface area contributed by atoms with E-state index in [1.807, 2.05) is 43.3 Å². The van der Waals surface area contributed by atoms with Crippen molar-refractivity contribution in [3.8, 4) is 11.3 Å². The van der Waals surface area contributed by atoms with Crippen LogP contribution >= 0.6 is 0 Å². The molecule has 6 heteroatoms. The summed E-state index contributed by atoms with van der Waals surface area (Å²) in [5, 5.41) is 15.8. The Morgan fingerprint density at radius 1 is 1.04 bits per heavy atom. The molecule has 0 aliphatic carbocycles. The lowest BCUT2D eigenvalue weighted by atomic mass is 10.1. The number of nitrogens with one attached hydrogen (secondary N) is 2. The van der Waals surface area contributed by atoms with Gasteiger partial charge in [0.05, 0.1) is 12.3 Å². The SMILES string of the molecule is C[C@@H](CO)Nc1nc(NCCc2ccccc2)cc(-c2ccncc2)n1. The van der Waals surface area contributed by atoms with E-state index in [4.69, 9.17) is 0 Å². The van der Waals surface area contributed by atoms with Crippen LogP contribution in [0.1, 0.15) is 12.5 Å². The van der Waals surface area contributed by atoms with Gasteiger partial charge >= 0.3 is 0 Å². The van der Waals surface area contributed by atoms with Crippen molar-refractivity contribution in [3.05, 3.63) is 66.5 Å². The molecule has 3 N–H and O–H groups in total. The summed E-state index contributed by atoms with van der Waals surface area (Å²) in [7, 11) is 0. The van der Waals surface area contributed by atoms with Crippen molar-refractivity contribution < 1.29 is 5.11 Å². The van der Waals surface area contributed by atoms with Gasteiger partial charge in [-0.1, -0.05) is 30.3 Å². The molecule has 0 spiro atoms. The third-order valence-corrected chi connectivity index (χ3v) is 3.91. The van der Waals surface area contributed by atoms with Crippen LogP contribution in [0.15, 0.2) is 60.9 Å². The van der Waals surface area contributed by atoms with Gasteiger partial charge in [0.2, 0.25) is 5.95 Å². The summed E-state index contributed by atoms with van der Waals surface area (Å²) in [5.74, 6) is 1.23. The molecule has 0 unspecified atom stereocenters. The van der Waals surface area contributed by atoms with Gasteiger partial charge in [0, 0.05) is 36.6 Å². The molecule has 2 aromatic heterocycles. The number of aliphatic hydroxyl groups is 1. The Bertz CT molecular complexity index is 811. The van der Waals surface area contributed by atoms with Crippen molar-refractivity contribution in [2.45, 2.75) is 19.4 Å². The van der Waals surface area contributed by atoms with Crippen molar-refractivity contribution >= 4 is 11.8 Å². The van der Waals surface area contributed by atoms with Crippen molar-refractivity contribution in [1.82, 2.24) is 15.0 Å². The third-order valence-electron chi connectivity index (χ3n) is 3.91. The molecular weight excluding hydrogens is 326 g/mol. The van der Waals surface area contributed by atoms with Crippen molar-refractivity contribution in [3.63, 3.8) is 0 Å². The number of rotatable bonds is 8. The number of aromatic nitrogens is 3. The summed E-state index contributed by atoms with van der Waals surface area (Å²) in [6.07, 6.45) is 4.39. The zero-order chi connectivity index (χ0) is 18.2. The van der Waals surface area contributed by atoms with Gasteiger partial charge < -0.3 is 15.7 Å². The molecule has 0 aliphatic heterocycles. The molecule has 0 saturated heterocycles. The van der Waals surface area contributed by atoms with Crippen LogP contribution in [0, 0.1) is 0 Å². The van der Waals surface area contributed by atoms with Gasteiger partial charge in [0.25, 0.3) is 0 Å². The Labute approximate surface area is 153 Å². The van der Waals surface area contributed by atoms with Crippen LogP contribution in [0.4, 0.5) is 11.8 Å². The molecule has 0 bridgehead atoms. The number of aliphatic hydroxyl groups excluding tert-OH is 1. The van der Waals surface area contributed by atoms with Crippen molar-refractivity contribution in [2.24, 2.45) is 0 Å². The highest BCUT2D eigenvalue weighted by Crippen LogP contribution is 2.21. The van der Waals surface area contributed by atoms with E-state index in [1.54, 1.807) is 12.4 Å². The van der Waals surface area contributed by atoms with E-state index >= 15 is 0 Å². The zero-order valence-corrected chi connectivity index (χ0v) is 14.8. The lowest BCUT2D eigenvalue weighted by Gasteiger charge is -2.14. The lowest BCUT2D eigenvalue weighted by Crippen LogP contribution is -2.21. The third kappa shape index (κ3) is 5.00. The predicted octanol–water partition coefficient (Wildman–Crippen LogP) is 2.99. The Morgan fingerprint density at radius 2 is 1.81 bits per heavy atom. The van der Waals surface area contributed by atoms with E-state index in [-0.39, 0.29) is 12.6 Å². The molecule has 0 saturated carbocycles. The lowest BCUT2D eigenvalue weighted by molar-refractivity contribution is 0.281. The average molecular weight is 349 g/mol. The summed E-state index contributed by atoms with van der Waals surface area (Å²) < 4.78 is 0. The Balaban J connectivity index is 1.77. The fourth-order valence-corrected chi connectivity index (χ4v) is 2.52. The molecule has 0 amide bonds. The highest BCUT2D eigenvalue weighted by Gasteiger charge is 2.09. The minimum absolute atomic E-state index is 0.0135. The van der Waals surface area contributed by atoms with Crippen molar-refractivity contribution in [1.29, 1.82) is 0 Å². The van der Waals surface area contributed by atoms with E-state index in [2.05, 4.69) is 37.7 Å². The number of pyridine rings is 1. The first-order chi connectivity index (χ1) is 12.7. The van der Waals surface area contributed by atoms with E-state index in [0.29, 0.717) is 5.95 Å². The first-order valence-electron chi connectivity index (χ1n) is 8.69. The normalized spacial score (nSPS) is 11.8. The van der Waals surface area contributed by atoms with Crippen LogP contribution < -0.4 is 10.6 Å². The Hall–Kier alpha value is -2.99. The van der Waals surface area contributed by atoms with Gasteiger partial charge in [0.1, 0.15) is 5.82 Å². The number of hydrogen-bond donors (Lipinski definition) is 3. The Kier molecular flexibility index (Phi) is 6.11. The summed E-state index contributed by atoms with van der Waals surface area (Å²) in [5.41, 5.74) is 3.04. The number of hydrogen-bond acceptors (Lipinski definition) is 6. The van der Waals surface area contributed by atoms with Crippen LogP contribution in [-0.2, 0) is 6.42 Å². The highest BCUT2D eigenvalue weighted by atomic mass is 16.3. The summed E-state index contributed by atoms with van der Waals surface area (Å²) in [6.45, 7) is 2.66. The van der Waals surface area contributed by atoms with E-state index in [1.165, 1.54) is 5.56 Å². The van der Waals surface area contributed by atoms with Crippen LogP contribution in [0.2, 0.25) is 0 Å². The molecule has 0 radical (unpaired) electrons. The smallest absolute Gasteiger partial charge is 0.225 e. The minimum atomic E-state index is -0.125. The molecule has 1 aromatic carbocycles. The second-order valence-electron chi connectivity index (χ2n) is 6.09. The summed E-state index contributed by atoms with van der Waals surface area (Å²) >= 11 is 0. The largest absolute Gasteiger partial charge is 0.394 e. The first kappa shape index (κ1) is 17.8. The molecule has 0 fully saturated rings. The zero-order valence-electron chi connectivity index (χ0n) is 14.8. The maximum atomic E-state index is 9.28. The topological polar surface area (TPSA) is 83.0 Å². The monoisotopic (exact) mass is 349 g/mol. The molecule has 26 heavy (non-hydrogen) atoms. The summed E-state index contributed by atoms with van der Waals surface area (Å²) in [4.78, 5) is 13.1. The van der Waals surface area contributed by atoms with Gasteiger partial charge in [-0.2, -0.15) is 4.98 Å². The van der Waals surface area contributed by atoms with Crippen LogP contribution in [-0.4, -0.2) is 39.3 Å². The predicted molar refractivity (Wildman–Crippen MR) is 104 cm³/mol. The second kappa shape index (κ2) is 8.92. The van der Waals surface area contributed by atoms with Gasteiger partial charge in [-0.25, -0.2) is 4.98 Å². The van der Waals surface area contributed by atoms with Gasteiger partial charge in [0.15, 0.2) is 0 Å². The van der Waals surface area contributed by atoms with Crippen LogP contribution in [0.5, 0.6) is 0 Å². The molecule has 6 nitrogen and oxygen atoms in total. The van der Waals surface area contributed by atoms with E-state index in [0.717, 1.165) is 30.0 Å². The Morgan fingerprint density at radius 3 is 2.54 bits per heavy atom. The molecule has 1 atom stereocenters. The van der Waals surface area contributed by atoms with E-state index in [9.17, 15) is 5.11 Å². The average Bonchev–Trinajstić information content (AvgIpc) is 2.69. The number of nitrogens with zero attached hydrogens (tertiary/aromatic N) is 3. The minimum Gasteiger partial charge on any atom is -0.394 e. The molecule has 2 heterocycles. The second-order valence-corrected chi connectivity index (χ2v) is 6.09. The summed E-state index contributed by atoms with van der Waals surface area (Å²) in [6, 6.07) is 15.9. The highest BCUT2D eigenvalue weighted by molar-refractivity contribution is 5.64. The quantitative estimate of drug-likeness (QED) is 0.580.